The van der Waals surface area contributed by atoms with Crippen LogP contribution < -0.4 is 0 Å². The summed E-state index contributed by atoms with van der Waals surface area (Å²) in [4.78, 5) is 0. The second-order valence-corrected chi connectivity index (χ2v) is 34.8. The zero-order valence-electron chi connectivity index (χ0n) is 10.3. The van der Waals surface area contributed by atoms with Crippen molar-refractivity contribution in [2.75, 3.05) is 0 Å². The molecule has 0 aromatic carbocycles. The maximum absolute atomic E-state index is 13.2. The summed E-state index contributed by atoms with van der Waals surface area (Å²) in [5, 5.41) is 0. The molecule has 21 heavy (non-hydrogen) atoms. The molecule has 1 rings (SSSR count). The Hall–Kier alpha value is 0.763. The molecular weight excluding hydrogens is 461 g/mol. The Kier molecular flexibility index (Phi) is 6.33. The van der Waals surface area contributed by atoms with Gasteiger partial charge >= 0.3 is 119 Å². The number of hydrogen-bond donors (Lipinski definition) is 0. The van der Waals surface area contributed by atoms with Crippen LogP contribution in [0.4, 0.5) is 37.8 Å². The van der Waals surface area contributed by atoms with Crippen molar-refractivity contribution in [2.24, 2.45) is 0 Å². The molecule has 132 valence electrons. The van der Waals surface area contributed by atoms with Crippen molar-refractivity contribution in [3.8, 4) is 0 Å². The first-order valence-corrected chi connectivity index (χ1v) is 18.8. The normalized spacial score (nSPS) is 25.1. The Bertz CT molecular complexity index is 398. The zero-order chi connectivity index (χ0) is 16.5. The van der Waals surface area contributed by atoms with Crippen molar-refractivity contribution in [2.45, 2.75) is 25.7 Å². The van der Waals surface area contributed by atoms with Gasteiger partial charge in [0.2, 0.25) is 0 Å². The molecule has 0 unspecified atom stereocenters. The van der Waals surface area contributed by atoms with Gasteiger partial charge in [0, 0.05) is 0 Å². The van der Waals surface area contributed by atoms with Crippen molar-refractivity contribution < 1.29 is 51.1 Å². The van der Waals surface area contributed by atoms with E-state index in [0.29, 0.717) is 6.08 Å². The van der Waals surface area contributed by atoms with Crippen LogP contribution in [0.5, 0.6) is 0 Å². The zero-order valence-corrected chi connectivity index (χ0v) is 15.1. The van der Waals surface area contributed by atoms with E-state index in [0.717, 1.165) is 0 Å². The predicted octanol–water partition coefficient (Wildman–Crippen LogP) is 8.11. The quantitative estimate of drug-likeness (QED) is 0.167. The molecule has 0 aliphatic heterocycles. The molecule has 0 nitrogen and oxygen atoms in total. The van der Waals surface area contributed by atoms with Gasteiger partial charge in [-0.3, -0.25) is 0 Å². The van der Waals surface area contributed by atoms with Gasteiger partial charge in [0.25, 0.3) is 0 Å². The molecule has 0 radical (unpaired) electrons. The van der Waals surface area contributed by atoms with Gasteiger partial charge in [-0.1, -0.05) is 0 Å². The van der Waals surface area contributed by atoms with Gasteiger partial charge in [-0.05, 0) is 0 Å². The molecule has 0 aromatic heterocycles. The molecule has 0 spiro atoms. The van der Waals surface area contributed by atoms with Gasteiger partial charge < -0.3 is 0 Å². The van der Waals surface area contributed by atoms with Crippen molar-refractivity contribution in [1.29, 1.82) is 0 Å². The molecule has 0 heterocycles. The van der Waals surface area contributed by atoms with E-state index in [4.69, 9.17) is 0 Å². The first-order chi connectivity index (χ1) is 9.36. The molecule has 0 amide bonds. The summed E-state index contributed by atoms with van der Waals surface area (Å²) in [5.41, 5.74) is 0. The molecule has 0 atom stereocenters. The van der Waals surface area contributed by atoms with E-state index in [1.54, 1.807) is 6.08 Å². The molecule has 0 bridgehead atoms. The molecular formula is C8H14F9P3Ru. The van der Waals surface area contributed by atoms with Gasteiger partial charge in [-0.25, -0.2) is 0 Å². The third-order valence-corrected chi connectivity index (χ3v) is 45.6. The van der Waals surface area contributed by atoms with Crippen molar-refractivity contribution in [3.63, 3.8) is 0 Å². The van der Waals surface area contributed by atoms with Crippen LogP contribution in [0.2, 0.25) is 0 Å². The summed E-state index contributed by atoms with van der Waals surface area (Å²) in [6.45, 7) is -23.6. The fourth-order valence-corrected chi connectivity index (χ4v) is 30.7. The van der Waals surface area contributed by atoms with Crippen LogP contribution in [0.1, 0.15) is 25.7 Å². The van der Waals surface area contributed by atoms with E-state index in [1.165, 1.54) is 6.08 Å². The Morgan fingerprint density at radius 3 is 1.52 bits per heavy atom. The molecule has 0 fully saturated rings. The van der Waals surface area contributed by atoms with Crippen LogP contribution in [0.3, 0.4) is 0 Å². The number of rotatable bonds is 4. The minimum absolute atomic E-state index is 0.164. The molecule has 0 saturated heterocycles. The Balaban J connectivity index is 3.57. The standard InChI is InChI=1S/C8H11.3F3HP.Ru/c1-2-4-6-8-7-5-3-1;3*1-4(2)3;/h1-2,7H,3-6H2;3*4H;/q;3*+1;-3. The fourth-order valence-electron chi connectivity index (χ4n) is 1.86. The first-order valence-electron chi connectivity index (χ1n) is 5.61. The Labute approximate surface area is 119 Å². The summed E-state index contributed by atoms with van der Waals surface area (Å²) < 4.78 is 117. The van der Waals surface area contributed by atoms with E-state index in [-0.39, 0.29) is 19.3 Å². The molecule has 1 aliphatic carbocycles. The Morgan fingerprint density at radius 1 is 0.667 bits per heavy atom. The van der Waals surface area contributed by atoms with Gasteiger partial charge in [0.15, 0.2) is 0 Å². The van der Waals surface area contributed by atoms with E-state index >= 15 is 0 Å². The van der Waals surface area contributed by atoms with Crippen molar-refractivity contribution >= 4 is 19.6 Å². The van der Waals surface area contributed by atoms with E-state index < -0.39 is 43.5 Å². The second-order valence-electron chi connectivity index (χ2n) is 4.00. The van der Waals surface area contributed by atoms with E-state index in [2.05, 4.69) is 0 Å². The van der Waals surface area contributed by atoms with Crippen LogP contribution in [-0.2, 0) is 13.3 Å². The van der Waals surface area contributed by atoms with Gasteiger partial charge in [0.1, 0.15) is 0 Å². The van der Waals surface area contributed by atoms with E-state index in [9.17, 15) is 37.8 Å². The second kappa shape index (κ2) is 6.71. The van der Waals surface area contributed by atoms with Crippen molar-refractivity contribution in [1.82, 2.24) is 0 Å². The average molecular weight is 475 g/mol. The van der Waals surface area contributed by atoms with Gasteiger partial charge in [-0.15, -0.1) is 0 Å². The average Bonchev–Trinajstić information content (AvgIpc) is 2.14. The monoisotopic (exact) mass is 476 g/mol. The number of halogens is 9. The Morgan fingerprint density at radius 2 is 1.10 bits per heavy atom. The first kappa shape index (κ1) is 19.8. The van der Waals surface area contributed by atoms with Crippen LogP contribution in [0.15, 0.2) is 22.4 Å². The van der Waals surface area contributed by atoms with E-state index in [1.807, 2.05) is 0 Å². The van der Waals surface area contributed by atoms with Crippen LogP contribution >= 0.6 is 19.6 Å². The van der Waals surface area contributed by atoms with Crippen LogP contribution in [-0.4, -0.2) is 0 Å². The minimum atomic E-state index is -7.88. The fraction of sp³-hybridized carbons (Fsp3) is 0.500. The third kappa shape index (κ3) is 3.82. The SMILES string of the molecule is F[PH](F)(F)[Ru]([C]1=CCCC=CCC1)([PH](F)(F)F)[PH](F)(F)F. The summed E-state index contributed by atoms with van der Waals surface area (Å²) in [7, 11) is 0. The summed E-state index contributed by atoms with van der Waals surface area (Å²) in [5.74, 6) is 0. The summed E-state index contributed by atoms with van der Waals surface area (Å²) in [6.07, 6.45) is 2.50. The maximum atomic E-state index is 13.2. The molecule has 0 aromatic rings. The van der Waals surface area contributed by atoms with Crippen LogP contribution in [0.25, 0.3) is 0 Å². The van der Waals surface area contributed by atoms with Crippen LogP contribution in [0, 0.1) is 0 Å². The molecule has 0 N–H and O–H groups in total. The molecule has 0 saturated carbocycles. The van der Waals surface area contributed by atoms with Crippen molar-refractivity contribution in [3.05, 3.63) is 22.4 Å². The topological polar surface area (TPSA) is 0 Å². The third-order valence-electron chi connectivity index (χ3n) is 2.65. The van der Waals surface area contributed by atoms with Gasteiger partial charge in [0.05, 0.1) is 0 Å². The number of allylic oxidation sites excluding steroid dienone is 4. The summed E-state index contributed by atoms with van der Waals surface area (Å²) >= 11 is -7.74. The number of hydrogen-bond acceptors (Lipinski definition) is 0. The predicted molar refractivity (Wildman–Crippen MR) is 70.6 cm³/mol. The van der Waals surface area contributed by atoms with Gasteiger partial charge in [-0.2, -0.15) is 0 Å². The molecule has 1 aliphatic rings. The summed E-state index contributed by atoms with van der Waals surface area (Å²) in [6, 6.07) is 0. The molecule has 13 heteroatoms.